The molecule has 0 saturated heterocycles. The summed E-state index contributed by atoms with van der Waals surface area (Å²) in [5.41, 5.74) is 7.32. The van der Waals surface area contributed by atoms with Crippen LogP contribution in [0, 0.1) is 0 Å². The predicted molar refractivity (Wildman–Crippen MR) is 112 cm³/mol. The summed E-state index contributed by atoms with van der Waals surface area (Å²) in [5, 5.41) is 5.08. The summed E-state index contributed by atoms with van der Waals surface area (Å²) < 4.78 is 83.2. The van der Waals surface area contributed by atoms with Crippen LogP contribution in [-0.4, -0.2) is 51.9 Å². The highest BCUT2D eigenvalue weighted by Gasteiger charge is 2.38. The maximum Gasteiger partial charge on any atom is 0.422 e. The van der Waals surface area contributed by atoms with Crippen LogP contribution in [0.2, 0.25) is 0 Å². The molecule has 0 bridgehead atoms. The van der Waals surface area contributed by atoms with E-state index < -0.39 is 52.7 Å². The fraction of sp³-hybridized carbons (Fsp3) is 0.450. The lowest BCUT2D eigenvalue weighted by atomic mass is 10.0. The molecule has 1 amide bonds. The third-order valence-corrected chi connectivity index (χ3v) is 5.37. The van der Waals surface area contributed by atoms with E-state index in [0.29, 0.717) is 18.0 Å². The first-order valence-electron chi connectivity index (χ1n) is 10.4. The SMILES string of the molecule is NC(=O)C(OCCC(N)c1cn[nH]c(=O)c1C(F)(F)F)C1=CCN(c2ncc(C(F)(F)F)cn2)CC1. The number of amides is 1. The minimum Gasteiger partial charge on any atom is -0.367 e. The largest absolute Gasteiger partial charge is 0.422 e. The van der Waals surface area contributed by atoms with Gasteiger partial charge in [-0.1, -0.05) is 6.08 Å². The van der Waals surface area contributed by atoms with Gasteiger partial charge in [-0.05, 0) is 18.4 Å². The minimum absolute atomic E-state index is 0.0627. The number of ether oxygens (including phenoxy) is 1. The third kappa shape index (κ3) is 6.37. The van der Waals surface area contributed by atoms with Gasteiger partial charge in [0, 0.05) is 43.7 Å². The summed E-state index contributed by atoms with van der Waals surface area (Å²) in [4.78, 5) is 32.6. The minimum atomic E-state index is -4.95. The second kappa shape index (κ2) is 10.6. The lowest BCUT2D eigenvalue weighted by Crippen LogP contribution is -2.38. The van der Waals surface area contributed by atoms with Gasteiger partial charge < -0.3 is 21.1 Å². The summed E-state index contributed by atoms with van der Waals surface area (Å²) >= 11 is 0. The zero-order chi connectivity index (χ0) is 26.7. The summed E-state index contributed by atoms with van der Waals surface area (Å²) in [5.74, 6) is -0.782. The number of nitrogens with zero attached hydrogens (tertiary/aromatic N) is 4. The molecule has 0 fully saturated rings. The Morgan fingerprint density at radius 3 is 2.33 bits per heavy atom. The molecule has 10 nitrogen and oxygen atoms in total. The Hall–Kier alpha value is -3.53. The monoisotopic (exact) mass is 521 g/mol. The topological polar surface area (TPSA) is 153 Å². The van der Waals surface area contributed by atoms with E-state index in [9.17, 15) is 35.9 Å². The highest BCUT2D eigenvalue weighted by atomic mass is 19.4. The maximum absolute atomic E-state index is 13.2. The summed E-state index contributed by atoms with van der Waals surface area (Å²) in [6.07, 6.45) is -6.94. The Morgan fingerprint density at radius 1 is 1.14 bits per heavy atom. The van der Waals surface area contributed by atoms with Crippen LogP contribution in [0.3, 0.4) is 0 Å². The van der Waals surface area contributed by atoms with Crippen molar-refractivity contribution in [1.29, 1.82) is 0 Å². The molecule has 3 heterocycles. The van der Waals surface area contributed by atoms with Crippen molar-refractivity contribution in [2.45, 2.75) is 37.3 Å². The molecule has 0 aromatic carbocycles. The van der Waals surface area contributed by atoms with Crippen molar-refractivity contribution in [2.75, 3.05) is 24.6 Å². The Labute approximate surface area is 199 Å². The van der Waals surface area contributed by atoms with Gasteiger partial charge in [0.25, 0.3) is 11.5 Å². The van der Waals surface area contributed by atoms with Gasteiger partial charge in [0.05, 0.1) is 11.8 Å². The van der Waals surface area contributed by atoms with E-state index in [-0.39, 0.29) is 38.5 Å². The number of hydrogen-bond donors (Lipinski definition) is 3. The molecule has 1 aliphatic heterocycles. The van der Waals surface area contributed by atoms with E-state index in [1.807, 2.05) is 0 Å². The van der Waals surface area contributed by atoms with Crippen LogP contribution < -0.4 is 21.9 Å². The number of halogens is 6. The van der Waals surface area contributed by atoms with Crippen molar-refractivity contribution in [1.82, 2.24) is 20.2 Å². The van der Waals surface area contributed by atoms with E-state index in [2.05, 4.69) is 15.1 Å². The van der Waals surface area contributed by atoms with Gasteiger partial charge in [-0.2, -0.15) is 31.4 Å². The van der Waals surface area contributed by atoms with Gasteiger partial charge in [0.2, 0.25) is 5.95 Å². The molecule has 196 valence electrons. The van der Waals surface area contributed by atoms with Crippen molar-refractivity contribution in [2.24, 2.45) is 11.5 Å². The molecule has 2 aromatic rings. The molecule has 5 N–H and O–H groups in total. The number of hydrogen-bond acceptors (Lipinski definition) is 8. The first-order chi connectivity index (χ1) is 16.8. The van der Waals surface area contributed by atoms with E-state index >= 15 is 0 Å². The van der Waals surface area contributed by atoms with Crippen LogP contribution in [0.15, 0.2) is 35.0 Å². The Morgan fingerprint density at radius 2 is 1.81 bits per heavy atom. The number of nitrogens with two attached hydrogens (primary N) is 2. The summed E-state index contributed by atoms with van der Waals surface area (Å²) in [6.45, 7) is 0.139. The molecule has 1 aliphatic rings. The first-order valence-corrected chi connectivity index (χ1v) is 10.4. The summed E-state index contributed by atoms with van der Waals surface area (Å²) in [6, 6.07) is -1.27. The number of carbonyl (C=O) groups is 1. The fourth-order valence-corrected chi connectivity index (χ4v) is 3.56. The van der Waals surface area contributed by atoms with Gasteiger partial charge in [0.15, 0.2) is 6.10 Å². The number of anilines is 1. The van der Waals surface area contributed by atoms with E-state index in [1.165, 1.54) is 0 Å². The van der Waals surface area contributed by atoms with Gasteiger partial charge in [0.1, 0.15) is 5.56 Å². The third-order valence-electron chi connectivity index (χ3n) is 5.37. The predicted octanol–water partition coefficient (Wildman–Crippen LogP) is 1.69. The van der Waals surface area contributed by atoms with Crippen LogP contribution in [-0.2, 0) is 21.9 Å². The number of aromatic nitrogens is 4. The van der Waals surface area contributed by atoms with Crippen molar-refractivity contribution in [3.8, 4) is 0 Å². The highest BCUT2D eigenvalue weighted by Crippen LogP contribution is 2.32. The molecule has 2 unspecified atom stereocenters. The van der Waals surface area contributed by atoms with Crippen LogP contribution in [0.4, 0.5) is 32.3 Å². The average Bonchev–Trinajstić information content (AvgIpc) is 2.80. The standard InChI is InChI=1S/C20H21F6N7O3/c21-19(22,23)11-7-29-18(30-8-11)33-4-1-10(2-5-33)15(16(28)34)36-6-3-13(27)12-9-31-32-17(35)14(12)20(24,25)26/h1,7-9,13,15H,2-6,27H2,(H2,28,34)(H,32,35). The van der Waals surface area contributed by atoms with Crippen LogP contribution in [0.25, 0.3) is 0 Å². The number of carbonyl (C=O) groups excluding carboxylic acids is 1. The summed E-state index contributed by atoms with van der Waals surface area (Å²) in [7, 11) is 0. The maximum atomic E-state index is 13.2. The van der Waals surface area contributed by atoms with Crippen molar-refractivity contribution < 1.29 is 35.9 Å². The molecule has 0 aliphatic carbocycles. The first kappa shape index (κ1) is 27.1. The Bertz CT molecular complexity index is 1160. The smallest absolute Gasteiger partial charge is 0.367 e. The van der Waals surface area contributed by atoms with Gasteiger partial charge in [-0.3, -0.25) is 9.59 Å². The molecule has 0 saturated carbocycles. The quantitative estimate of drug-likeness (QED) is 0.351. The number of alkyl halides is 6. The number of rotatable bonds is 8. The van der Waals surface area contributed by atoms with Crippen molar-refractivity contribution in [3.05, 3.63) is 57.3 Å². The normalized spacial score (nSPS) is 16.4. The Kier molecular flexibility index (Phi) is 7.98. The van der Waals surface area contributed by atoms with E-state index in [4.69, 9.17) is 16.2 Å². The van der Waals surface area contributed by atoms with Gasteiger partial charge >= 0.3 is 12.4 Å². The fourth-order valence-electron chi connectivity index (χ4n) is 3.56. The van der Waals surface area contributed by atoms with E-state index in [0.717, 1.165) is 6.20 Å². The van der Waals surface area contributed by atoms with Crippen LogP contribution in [0.5, 0.6) is 0 Å². The molecule has 2 atom stereocenters. The molecule has 3 rings (SSSR count). The molecule has 0 radical (unpaired) electrons. The number of nitrogens with one attached hydrogen (secondary N) is 1. The average molecular weight is 521 g/mol. The zero-order valence-corrected chi connectivity index (χ0v) is 18.4. The number of primary amides is 1. The van der Waals surface area contributed by atoms with Crippen LogP contribution in [0.1, 0.15) is 35.6 Å². The molecular formula is C20H21F6N7O3. The number of H-pyrrole nitrogens is 1. The highest BCUT2D eigenvalue weighted by molar-refractivity contribution is 5.82. The zero-order valence-electron chi connectivity index (χ0n) is 18.4. The van der Waals surface area contributed by atoms with Crippen LogP contribution >= 0.6 is 0 Å². The second-order valence-electron chi connectivity index (χ2n) is 7.82. The molecular weight excluding hydrogens is 500 g/mol. The lowest BCUT2D eigenvalue weighted by Gasteiger charge is -2.29. The van der Waals surface area contributed by atoms with E-state index in [1.54, 1.807) is 16.1 Å². The second-order valence-corrected chi connectivity index (χ2v) is 7.82. The van der Waals surface area contributed by atoms with Gasteiger partial charge in [-0.25, -0.2) is 15.1 Å². The van der Waals surface area contributed by atoms with Crippen molar-refractivity contribution >= 4 is 11.9 Å². The lowest BCUT2D eigenvalue weighted by molar-refractivity contribution is -0.140. The molecule has 2 aromatic heterocycles. The molecule has 0 spiro atoms. The molecule has 36 heavy (non-hydrogen) atoms. The molecule has 16 heteroatoms. The number of aromatic amines is 1. The Balaban J connectivity index is 1.63. The van der Waals surface area contributed by atoms with Crippen molar-refractivity contribution in [3.63, 3.8) is 0 Å². The van der Waals surface area contributed by atoms with Gasteiger partial charge in [-0.15, -0.1) is 0 Å².